The molecule has 2 aliphatic rings. The highest BCUT2D eigenvalue weighted by molar-refractivity contribution is 6.05. The van der Waals surface area contributed by atoms with Gasteiger partial charge in [-0.2, -0.15) is 0 Å². The third-order valence-electron chi connectivity index (χ3n) is 6.15. The highest BCUT2D eigenvalue weighted by atomic mass is 19.1. The predicted molar refractivity (Wildman–Crippen MR) is 110 cm³/mol. The molecular formula is C24H26FNO3. The van der Waals surface area contributed by atoms with Crippen molar-refractivity contribution in [3.05, 3.63) is 64.0 Å². The number of amides is 1. The molecule has 0 saturated heterocycles. The Kier molecular flexibility index (Phi) is 5.65. The lowest BCUT2D eigenvalue weighted by molar-refractivity contribution is 0.0595. The zero-order valence-corrected chi connectivity index (χ0v) is 16.7. The number of carbonyl (C=O) groups excluding carboxylic acids is 2. The Morgan fingerprint density at radius 3 is 2.24 bits per heavy atom. The lowest BCUT2D eigenvalue weighted by atomic mass is 9.86. The van der Waals surface area contributed by atoms with E-state index in [0.29, 0.717) is 17.2 Å². The molecule has 29 heavy (non-hydrogen) atoms. The van der Waals surface area contributed by atoms with Crippen molar-refractivity contribution in [1.29, 1.82) is 0 Å². The van der Waals surface area contributed by atoms with E-state index in [1.165, 1.54) is 61.6 Å². The second kappa shape index (κ2) is 8.36. The number of halogens is 1. The van der Waals surface area contributed by atoms with E-state index in [-0.39, 0.29) is 11.5 Å². The number of nitrogens with one attached hydrogen (secondary N) is 1. The van der Waals surface area contributed by atoms with Crippen LogP contribution in [0, 0.1) is 5.82 Å². The van der Waals surface area contributed by atoms with Crippen LogP contribution in [0.3, 0.4) is 0 Å². The van der Waals surface area contributed by atoms with Crippen LogP contribution in [0.25, 0.3) is 0 Å². The van der Waals surface area contributed by atoms with Gasteiger partial charge >= 0.3 is 5.97 Å². The fourth-order valence-electron chi connectivity index (χ4n) is 4.76. The molecule has 4 rings (SSSR count). The normalized spacial score (nSPS) is 16.3. The van der Waals surface area contributed by atoms with Crippen LogP contribution in [-0.2, 0) is 17.6 Å². The maximum atomic E-state index is 14.2. The molecular weight excluding hydrogens is 369 g/mol. The van der Waals surface area contributed by atoms with E-state index >= 15 is 0 Å². The summed E-state index contributed by atoms with van der Waals surface area (Å²) in [5, 5.41) is 2.77. The third kappa shape index (κ3) is 4.04. The van der Waals surface area contributed by atoms with Crippen LogP contribution in [0.15, 0.2) is 30.3 Å². The molecule has 0 aliphatic heterocycles. The molecule has 5 heteroatoms. The van der Waals surface area contributed by atoms with E-state index < -0.39 is 11.8 Å². The Bertz CT molecular complexity index is 920. The van der Waals surface area contributed by atoms with Gasteiger partial charge in [0.1, 0.15) is 5.82 Å². The van der Waals surface area contributed by atoms with Crippen LogP contribution in [0.5, 0.6) is 0 Å². The number of ether oxygens (including phenoxy) is 1. The number of benzene rings is 2. The number of rotatable bonds is 3. The lowest BCUT2D eigenvalue weighted by Gasteiger charge is -2.20. The maximum absolute atomic E-state index is 14.2. The Morgan fingerprint density at radius 1 is 1.00 bits per heavy atom. The molecule has 1 amide bonds. The minimum Gasteiger partial charge on any atom is -0.465 e. The predicted octanol–water partition coefficient (Wildman–Crippen LogP) is 5.40. The molecule has 0 saturated carbocycles. The van der Waals surface area contributed by atoms with Gasteiger partial charge < -0.3 is 10.1 Å². The molecule has 0 fully saturated rings. The van der Waals surface area contributed by atoms with E-state index in [9.17, 15) is 14.0 Å². The van der Waals surface area contributed by atoms with Crippen molar-refractivity contribution in [3.8, 4) is 0 Å². The number of methoxy groups -OCH3 is 1. The lowest BCUT2D eigenvalue weighted by Crippen LogP contribution is -2.15. The van der Waals surface area contributed by atoms with Crippen molar-refractivity contribution in [2.75, 3.05) is 12.4 Å². The fourth-order valence-corrected chi connectivity index (χ4v) is 4.76. The summed E-state index contributed by atoms with van der Waals surface area (Å²) < 4.78 is 18.7. The zero-order chi connectivity index (χ0) is 20.4. The summed E-state index contributed by atoms with van der Waals surface area (Å²) in [4.78, 5) is 24.4. The standard InChI is InChI=1S/C24H26FNO3/c1-29-24(28)20-11-10-19(14-21(20)25)26-23(27)18-12-16-8-4-2-6-15-7-3-5-9-17(13-18)22(15)16/h10-15H,2-9H2,1H3,(H,26,27). The van der Waals surface area contributed by atoms with Crippen LogP contribution in [0.1, 0.15) is 81.8 Å². The zero-order valence-electron chi connectivity index (χ0n) is 16.7. The van der Waals surface area contributed by atoms with Crippen LogP contribution in [0.4, 0.5) is 10.1 Å². The summed E-state index contributed by atoms with van der Waals surface area (Å²) in [6.07, 6.45) is 9.33. The SMILES string of the molecule is COC(=O)c1ccc(NC(=O)c2cc3c4c(c2)CCCCC4CCCC3)cc1F. The van der Waals surface area contributed by atoms with Crippen molar-refractivity contribution in [2.45, 2.75) is 57.3 Å². The number of esters is 1. The second-order valence-electron chi connectivity index (χ2n) is 8.04. The molecule has 0 atom stereocenters. The van der Waals surface area contributed by atoms with Crippen molar-refractivity contribution >= 4 is 17.6 Å². The van der Waals surface area contributed by atoms with E-state index in [4.69, 9.17) is 0 Å². The number of aryl methyl sites for hydroxylation is 2. The Labute approximate surface area is 170 Å². The molecule has 0 aromatic heterocycles. The van der Waals surface area contributed by atoms with E-state index in [1.807, 2.05) is 12.1 Å². The van der Waals surface area contributed by atoms with Gasteiger partial charge in [-0.05, 0) is 91.5 Å². The molecule has 0 unspecified atom stereocenters. The Morgan fingerprint density at radius 2 is 1.66 bits per heavy atom. The average Bonchev–Trinajstić information content (AvgIpc) is 3.05. The molecule has 0 bridgehead atoms. The van der Waals surface area contributed by atoms with Crippen molar-refractivity contribution < 1.29 is 18.7 Å². The first-order chi connectivity index (χ1) is 14.1. The van der Waals surface area contributed by atoms with Gasteiger partial charge in [-0.3, -0.25) is 4.79 Å². The summed E-state index contributed by atoms with van der Waals surface area (Å²) in [6.45, 7) is 0. The fraction of sp³-hybridized carbons (Fsp3) is 0.417. The number of anilines is 1. The van der Waals surface area contributed by atoms with E-state index in [2.05, 4.69) is 10.1 Å². The quantitative estimate of drug-likeness (QED) is 0.708. The topological polar surface area (TPSA) is 55.4 Å². The molecule has 0 spiro atoms. The first-order valence-corrected chi connectivity index (χ1v) is 10.4. The monoisotopic (exact) mass is 395 g/mol. The van der Waals surface area contributed by atoms with Crippen molar-refractivity contribution in [3.63, 3.8) is 0 Å². The molecule has 2 aliphatic carbocycles. The average molecular weight is 395 g/mol. The van der Waals surface area contributed by atoms with Crippen molar-refractivity contribution in [1.82, 2.24) is 0 Å². The van der Waals surface area contributed by atoms with Crippen LogP contribution in [0.2, 0.25) is 0 Å². The van der Waals surface area contributed by atoms with Crippen LogP contribution in [-0.4, -0.2) is 19.0 Å². The number of carbonyl (C=O) groups is 2. The van der Waals surface area contributed by atoms with Crippen molar-refractivity contribution in [2.24, 2.45) is 0 Å². The van der Waals surface area contributed by atoms with Gasteiger partial charge in [0, 0.05) is 11.3 Å². The smallest absolute Gasteiger partial charge is 0.340 e. The van der Waals surface area contributed by atoms with E-state index in [0.717, 1.165) is 31.7 Å². The molecule has 0 heterocycles. The third-order valence-corrected chi connectivity index (χ3v) is 6.15. The summed E-state index contributed by atoms with van der Waals surface area (Å²) in [7, 11) is 1.20. The number of hydrogen-bond donors (Lipinski definition) is 1. The molecule has 1 N–H and O–H groups in total. The molecule has 4 nitrogen and oxygen atoms in total. The summed E-state index contributed by atoms with van der Waals surface area (Å²) in [5.41, 5.74) is 4.90. The molecule has 152 valence electrons. The minimum absolute atomic E-state index is 0.151. The van der Waals surface area contributed by atoms with E-state index in [1.54, 1.807) is 0 Å². The van der Waals surface area contributed by atoms with Gasteiger partial charge in [0.25, 0.3) is 5.91 Å². The highest BCUT2D eigenvalue weighted by Crippen LogP contribution is 2.40. The Balaban J connectivity index is 1.61. The highest BCUT2D eigenvalue weighted by Gasteiger charge is 2.25. The van der Waals surface area contributed by atoms with Gasteiger partial charge in [0.15, 0.2) is 0 Å². The number of hydrogen-bond acceptors (Lipinski definition) is 3. The second-order valence-corrected chi connectivity index (χ2v) is 8.04. The summed E-state index contributed by atoms with van der Waals surface area (Å²) >= 11 is 0. The molecule has 0 radical (unpaired) electrons. The maximum Gasteiger partial charge on any atom is 0.340 e. The first-order valence-electron chi connectivity index (χ1n) is 10.4. The minimum atomic E-state index is -0.740. The van der Waals surface area contributed by atoms with Crippen LogP contribution >= 0.6 is 0 Å². The van der Waals surface area contributed by atoms with Gasteiger partial charge in [0.05, 0.1) is 12.7 Å². The van der Waals surface area contributed by atoms with Crippen LogP contribution < -0.4 is 5.32 Å². The van der Waals surface area contributed by atoms with Gasteiger partial charge in [0.2, 0.25) is 0 Å². The summed E-state index contributed by atoms with van der Waals surface area (Å²) in [5.74, 6) is -1.08. The largest absolute Gasteiger partial charge is 0.465 e. The first kappa shape index (κ1) is 19.6. The van der Waals surface area contributed by atoms with Gasteiger partial charge in [-0.25, -0.2) is 9.18 Å². The molecule has 2 aromatic rings. The van der Waals surface area contributed by atoms with Gasteiger partial charge in [-0.15, -0.1) is 0 Å². The summed E-state index contributed by atoms with van der Waals surface area (Å²) in [6, 6.07) is 8.04. The molecule has 2 aromatic carbocycles. The van der Waals surface area contributed by atoms with Gasteiger partial charge in [-0.1, -0.05) is 12.8 Å². The Hall–Kier alpha value is -2.69.